The average Bonchev–Trinajstić information content (AvgIpc) is 2.84. The van der Waals surface area contributed by atoms with Gasteiger partial charge in [0.05, 0.1) is 23.3 Å². The lowest BCUT2D eigenvalue weighted by Crippen LogP contribution is -2.39. The van der Waals surface area contributed by atoms with Gasteiger partial charge in [-0.1, -0.05) is 47.1 Å². The highest BCUT2D eigenvalue weighted by Crippen LogP contribution is 2.40. The molecule has 4 rings (SSSR count). The molecule has 2 aliphatic rings. The van der Waals surface area contributed by atoms with Gasteiger partial charge in [-0.05, 0) is 68.9 Å². The van der Waals surface area contributed by atoms with Gasteiger partial charge < -0.3 is 19.9 Å². The zero-order chi connectivity index (χ0) is 23.2. The van der Waals surface area contributed by atoms with E-state index >= 15 is 0 Å². The first-order valence-electron chi connectivity index (χ1n) is 11.3. The van der Waals surface area contributed by atoms with Gasteiger partial charge in [0.15, 0.2) is 0 Å². The minimum absolute atomic E-state index is 0.0436. The Labute approximate surface area is 210 Å². The fourth-order valence-corrected chi connectivity index (χ4v) is 5.46. The molecule has 0 atom stereocenters. The minimum Gasteiger partial charge on any atom is -0.382 e. The van der Waals surface area contributed by atoms with E-state index in [0.717, 1.165) is 47.0 Å². The maximum absolute atomic E-state index is 12.4. The first-order valence-corrected chi connectivity index (χ1v) is 12.8. The van der Waals surface area contributed by atoms with Crippen LogP contribution in [0.15, 0.2) is 52.3 Å². The van der Waals surface area contributed by atoms with Crippen molar-refractivity contribution in [2.24, 2.45) is 0 Å². The predicted molar refractivity (Wildman–Crippen MR) is 138 cm³/mol. The summed E-state index contributed by atoms with van der Waals surface area (Å²) >= 11 is 14.7. The second-order valence-corrected chi connectivity index (χ2v) is 10.3. The summed E-state index contributed by atoms with van der Waals surface area (Å²) in [7, 11) is 2.17. The van der Waals surface area contributed by atoms with Crippen molar-refractivity contribution in [2.75, 3.05) is 51.8 Å². The molecule has 2 fully saturated rings. The van der Waals surface area contributed by atoms with E-state index in [4.69, 9.17) is 27.9 Å². The van der Waals surface area contributed by atoms with Crippen LogP contribution in [0.2, 0.25) is 10.0 Å². The third-order valence-corrected chi connectivity index (χ3v) is 8.01. The second kappa shape index (κ2) is 11.6. The Hall–Kier alpha value is -1.70. The normalized spacial score (nSPS) is 18.1. The number of hydrogen-bond donors (Lipinski definition) is 1. The highest BCUT2D eigenvalue weighted by molar-refractivity contribution is 7.99. The Morgan fingerprint density at radius 2 is 1.85 bits per heavy atom. The maximum Gasteiger partial charge on any atom is 0.246 e. The van der Waals surface area contributed by atoms with Crippen LogP contribution in [0.25, 0.3) is 6.08 Å². The van der Waals surface area contributed by atoms with Crippen LogP contribution in [0.5, 0.6) is 0 Å². The number of ether oxygens (including phenoxy) is 1. The molecular formula is C25H29Cl2N3O2S. The van der Waals surface area contributed by atoms with Crippen LogP contribution in [0.1, 0.15) is 18.4 Å². The summed E-state index contributed by atoms with van der Waals surface area (Å²) in [4.78, 5) is 18.5. The van der Waals surface area contributed by atoms with E-state index in [1.165, 1.54) is 0 Å². The molecule has 2 heterocycles. The van der Waals surface area contributed by atoms with E-state index in [9.17, 15) is 4.79 Å². The molecular weight excluding hydrogens is 477 g/mol. The van der Waals surface area contributed by atoms with Gasteiger partial charge in [-0.3, -0.25) is 4.79 Å². The van der Waals surface area contributed by atoms with Crippen molar-refractivity contribution in [3.63, 3.8) is 0 Å². The van der Waals surface area contributed by atoms with Gasteiger partial charge >= 0.3 is 0 Å². The molecule has 2 aromatic carbocycles. The monoisotopic (exact) mass is 505 g/mol. The van der Waals surface area contributed by atoms with Gasteiger partial charge in [-0.25, -0.2) is 0 Å². The fraction of sp³-hybridized carbons (Fsp3) is 0.400. The number of amides is 1. The topological polar surface area (TPSA) is 44.8 Å². The number of nitrogens with one attached hydrogen (secondary N) is 1. The molecule has 1 amide bonds. The van der Waals surface area contributed by atoms with Crippen LogP contribution in [0.3, 0.4) is 0 Å². The number of carbonyl (C=O) groups is 1. The fourth-order valence-electron chi connectivity index (χ4n) is 3.97. The Balaban J connectivity index is 1.41. The van der Waals surface area contributed by atoms with Gasteiger partial charge in [0.25, 0.3) is 0 Å². The van der Waals surface area contributed by atoms with Crippen LogP contribution in [0.4, 0.5) is 5.69 Å². The van der Waals surface area contributed by atoms with Gasteiger partial charge in [-0.15, -0.1) is 0 Å². The van der Waals surface area contributed by atoms with E-state index in [-0.39, 0.29) is 5.91 Å². The molecule has 2 saturated heterocycles. The number of anilines is 1. The molecule has 0 bridgehead atoms. The standard InChI is InChI=1S/C25H29Cl2N3O2S/c1-29-11-9-19(10-12-29)28-20-3-2-4-21(17-20)33-22-7-5-18(24(26)25(22)27)6-8-23(31)30-13-15-32-16-14-30/h2-8,17,19,28H,9-16H2,1H3/b8-6+. The number of halogens is 2. The Morgan fingerprint density at radius 1 is 1.09 bits per heavy atom. The summed E-state index contributed by atoms with van der Waals surface area (Å²) in [5.41, 5.74) is 1.85. The van der Waals surface area contributed by atoms with Gasteiger partial charge in [0.2, 0.25) is 5.91 Å². The van der Waals surface area contributed by atoms with E-state index in [0.29, 0.717) is 42.4 Å². The van der Waals surface area contributed by atoms with Crippen molar-refractivity contribution >= 4 is 52.6 Å². The summed E-state index contributed by atoms with van der Waals surface area (Å²) in [5, 5.41) is 4.61. The summed E-state index contributed by atoms with van der Waals surface area (Å²) in [6.07, 6.45) is 5.58. The quantitative estimate of drug-likeness (QED) is 0.523. The number of benzene rings is 2. The molecule has 176 valence electrons. The molecule has 0 unspecified atom stereocenters. The first kappa shape index (κ1) is 24.4. The molecule has 0 radical (unpaired) electrons. The lowest BCUT2D eigenvalue weighted by atomic mass is 10.1. The van der Waals surface area contributed by atoms with E-state index in [2.05, 4.69) is 41.5 Å². The van der Waals surface area contributed by atoms with Crippen molar-refractivity contribution in [2.45, 2.75) is 28.7 Å². The summed E-state index contributed by atoms with van der Waals surface area (Å²) in [5.74, 6) is -0.0436. The van der Waals surface area contributed by atoms with Crippen molar-refractivity contribution in [3.05, 3.63) is 58.1 Å². The number of piperidine rings is 1. The molecule has 8 heteroatoms. The highest BCUT2D eigenvalue weighted by Gasteiger charge is 2.17. The zero-order valence-electron chi connectivity index (χ0n) is 18.7. The zero-order valence-corrected chi connectivity index (χ0v) is 21.1. The molecule has 0 aromatic heterocycles. The van der Waals surface area contributed by atoms with Crippen LogP contribution >= 0.6 is 35.0 Å². The van der Waals surface area contributed by atoms with Crippen molar-refractivity contribution < 1.29 is 9.53 Å². The summed E-state index contributed by atoms with van der Waals surface area (Å²) in [6, 6.07) is 12.8. The average molecular weight is 506 g/mol. The number of morpholine rings is 1. The van der Waals surface area contributed by atoms with Crippen LogP contribution in [0, 0.1) is 0 Å². The molecule has 2 aromatic rings. The molecule has 0 aliphatic carbocycles. The molecule has 1 N–H and O–H groups in total. The van der Waals surface area contributed by atoms with Gasteiger partial charge in [-0.2, -0.15) is 0 Å². The summed E-state index contributed by atoms with van der Waals surface area (Å²) in [6.45, 7) is 4.62. The third-order valence-electron chi connectivity index (χ3n) is 5.96. The highest BCUT2D eigenvalue weighted by atomic mass is 35.5. The van der Waals surface area contributed by atoms with Crippen molar-refractivity contribution in [3.8, 4) is 0 Å². The van der Waals surface area contributed by atoms with Gasteiger partial charge in [0.1, 0.15) is 0 Å². The maximum atomic E-state index is 12.4. The number of hydrogen-bond acceptors (Lipinski definition) is 5. The summed E-state index contributed by atoms with van der Waals surface area (Å²) < 4.78 is 5.29. The first-order chi connectivity index (χ1) is 16.0. The Bertz CT molecular complexity index is 1000. The van der Waals surface area contributed by atoms with Crippen LogP contribution < -0.4 is 5.32 Å². The van der Waals surface area contributed by atoms with E-state index < -0.39 is 0 Å². The molecule has 0 spiro atoms. The third kappa shape index (κ3) is 6.67. The van der Waals surface area contributed by atoms with Gasteiger partial charge in [0, 0.05) is 40.7 Å². The van der Waals surface area contributed by atoms with Crippen molar-refractivity contribution in [1.29, 1.82) is 0 Å². The molecule has 0 saturated carbocycles. The number of rotatable bonds is 6. The number of likely N-dealkylation sites (tertiary alicyclic amines) is 1. The number of nitrogens with zero attached hydrogens (tertiary/aromatic N) is 2. The number of carbonyl (C=O) groups excluding carboxylic acids is 1. The SMILES string of the molecule is CN1CCC(Nc2cccc(Sc3ccc(/C=C/C(=O)N4CCOCC4)c(Cl)c3Cl)c2)CC1. The lowest BCUT2D eigenvalue weighted by molar-refractivity contribution is -0.129. The minimum atomic E-state index is -0.0436. The molecule has 2 aliphatic heterocycles. The smallest absolute Gasteiger partial charge is 0.246 e. The molecule has 5 nitrogen and oxygen atoms in total. The van der Waals surface area contributed by atoms with Crippen LogP contribution in [-0.4, -0.2) is 68.2 Å². The molecule has 33 heavy (non-hydrogen) atoms. The van der Waals surface area contributed by atoms with E-state index in [1.807, 2.05) is 12.1 Å². The Kier molecular flexibility index (Phi) is 8.61. The largest absolute Gasteiger partial charge is 0.382 e. The van der Waals surface area contributed by atoms with Crippen LogP contribution in [-0.2, 0) is 9.53 Å². The predicted octanol–water partition coefficient (Wildman–Crippen LogP) is 5.52. The van der Waals surface area contributed by atoms with E-state index in [1.54, 1.807) is 28.8 Å². The second-order valence-electron chi connectivity index (χ2n) is 8.40. The van der Waals surface area contributed by atoms with Crippen molar-refractivity contribution in [1.82, 2.24) is 9.80 Å². The lowest BCUT2D eigenvalue weighted by Gasteiger charge is -2.30. The Morgan fingerprint density at radius 3 is 2.61 bits per heavy atom.